The van der Waals surface area contributed by atoms with Gasteiger partial charge in [0.25, 0.3) is 0 Å². The van der Waals surface area contributed by atoms with E-state index in [-0.39, 0.29) is 0 Å². The number of pyridine rings is 4. The summed E-state index contributed by atoms with van der Waals surface area (Å²) in [5.74, 6) is 0. The highest BCUT2D eigenvalue weighted by Crippen LogP contribution is 2.37. The van der Waals surface area contributed by atoms with Crippen molar-refractivity contribution < 1.29 is 0 Å². The monoisotopic (exact) mass is 732 g/mol. The first-order chi connectivity index (χ1) is 28.2. The number of fused-ring (bicyclic) bond motifs is 6. The Balaban J connectivity index is 1.09. The molecule has 10 aromatic rings. The van der Waals surface area contributed by atoms with Gasteiger partial charge in [0.15, 0.2) is 0 Å². The topological polar surface area (TPSA) is 61.4 Å². The molecule has 0 bridgehead atoms. The first-order valence-corrected chi connectivity index (χ1v) is 19.0. The summed E-state index contributed by atoms with van der Waals surface area (Å²) in [6.45, 7) is 5.90. The van der Waals surface area contributed by atoms with Crippen LogP contribution in [0.15, 0.2) is 195 Å². The van der Waals surface area contributed by atoms with Crippen molar-refractivity contribution in [3.63, 3.8) is 0 Å². The molecule has 6 heterocycles. The van der Waals surface area contributed by atoms with E-state index in [1.807, 2.05) is 67.9 Å². The van der Waals surface area contributed by atoms with Crippen molar-refractivity contribution in [1.82, 2.24) is 29.1 Å². The molecule has 0 radical (unpaired) electrons. The predicted molar refractivity (Wildman–Crippen MR) is 236 cm³/mol. The van der Waals surface area contributed by atoms with Crippen molar-refractivity contribution in [1.29, 1.82) is 0 Å². The zero-order valence-corrected chi connectivity index (χ0v) is 31.3. The quantitative estimate of drug-likeness (QED) is 0.146. The fraction of sp³-hybridized carbons (Fsp3) is 0.0196. The second kappa shape index (κ2) is 14.2. The highest BCUT2D eigenvalue weighted by Gasteiger charge is 2.18. The van der Waals surface area contributed by atoms with Crippen LogP contribution in [0.4, 0.5) is 0 Å². The lowest BCUT2D eigenvalue weighted by Crippen LogP contribution is -1.98. The second-order valence-electron chi connectivity index (χ2n) is 13.9. The van der Waals surface area contributed by atoms with Gasteiger partial charge in [0.1, 0.15) is 0 Å². The van der Waals surface area contributed by atoms with Crippen LogP contribution < -0.4 is 0 Å². The van der Waals surface area contributed by atoms with E-state index >= 15 is 0 Å². The normalized spacial score (nSPS) is 12.1. The van der Waals surface area contributed by atoms with E-state index in [2.05, 4.69) is 137 Å². The zero-order chi connectivity index (χ0) is 38.3. The molecular weight excluding hydrogens is 697 g/mol. The fourth-order valence-electron chi connectivity index (χ4n) is 7.97. The molecule has 0 aliphatic carbocycles. The van der Waals surface area contributed by atoms with Gasteiger partial charge in [-0.3, -0.25) is 9.97 Å². The Morgan fingerprint density at radius 2 is 1.07 bits per heavy atom. The highest BCUT2D eigenvalue weighted by atomic mass is 15.0. The molecule has 0 aliphatic heterocycles. The fourth-order valence-corrected chi connectivity index (χ4v) is 7.97. The minimum atomic E-state index is 0.897. The van der Waals surface area contributed by atoms with Gasteiger partial charge in [0, 0.05) is 51.2 Å². The van der Waals surface area contributed by atoms with Gasteiger partial charge in [-0.2, -0.15) is 0 Å². The number of allylic oxidation sites excluding steroid dienone is 5. The zero-order valence-electron chi connectivity index (χ0n) is 31.3. The van der Waals surface area contributed by atoms with Crippen molar-refractivity contribution in [3.8, 4) is 45.1 Å². The molecule has 0 aliphatic rings. The number of hydrogen-bond donors (Lipinski definition) is 0. The smallest absolute Gasteiger partial charge is 0.0963 e. The van der Waals surface area contributed by atoms with Gasteiger partial charge in [0.05, 0.1) is 55.9 Å². The van der Waals surface area contributed by atoms with E-state index in [0.29, 0.717) is 0 Å². The standard InChI is InChI=1S/C51H36N6/c1-3-13-34(14-4-2)42-19-9-21-44(54-42)36-25-27-46-40(31-36)50-48(23-11-29-52-50)56(46)38-17-8-18-39(33-38)57-47-28-26-37(32-41(47)51-49(57)24-12-30-53-51)45-22-10-20-43(55-45)35-15-6-5-7-16-35/h3-33H,1H2,2H3/b14-4-,34-13+. The van der Waals surface area contributed by atoms with Gasteiger partial charge in [-0.15, -0.1) is 0 Å². The third-order valence-electron chi connectivity index (χ3n) is 10.5. The summed E-state index contributed by atoms with van der Waals surface area (Å²) in [5.41, 5.74) is 16.0. The van der Waals surface area contributed by atoms with E-state index in [4.69, 9.17) is 19.9 Å². The lowest BCUT2D eigenvalue weighted by atomic mass is 10.1. The summed E-state index contributed by atoms with van der Waals surface area (Å²) in [6, 6.07) is 52.8. The first-order valence-electron chi connectivity index (χ1n) is 19.0. The van der Waals surface area contributed by atoms with E-state index in [1.54, 1.807) is 6.08 Å². The summed E-state index contributed by atoms with van der Waals surface area (Å²) < 4.78 is 4.62. The number of nitrogens with zero attached hydrogens (tertiary/aromatic N) is 6. The maximum absolute atomic E-state index is 5.06. The van der Waals surface area contributed by atoms with Crippen LogP contribution in [0.1, 0.15) is 12.6 Å². The van der Waals surface area contributed by atoms with Crippen LogP contribution >= 0.6 is 0 Å². The predicted octanol–water partition coefficient (Wildman–Crippen LogP) is 12.6. The van der Waals surface area contributed by atoms with Gasteiger partial charge in [0.2, 0.25) is 0 Å². The number of benzene rings is 4. The summed E-state index contributed by atoms with van der Waals surface area (Å²) in [7, 11) is 0. The van der Waals surface area contributed by atoms with E-state index in [9.17, 15) is 0 Å². The molecule has 6 aromatic heterocycles. The largest absolute Gasteiger partial charge is 0.308 e. The molecule has 0 unspecified atom stereocenters. The Kier molecular flexibility index (Phi) is 8.42. The van der Waals surface area contributed by atoms with Crippen LogP contribution in [0.3, 0.4) is 0 Å². The first kappa shape index (κ1) is 33.8. The van der Waals surface area contributed by atoms with Gasteiger partial charge in [-0.1, -0.05) is 91.5 Å². The van der Waals surface area contributed by atoms with Gasteiger partial charge in [-0.05, 0) is 103 Å². The molecule has 0 saturated carbocycles. The molecule has 0 fully saturated rings. The van der Waals surface area contributed by atoms with Crippen LogP contribution in [-0.2, 0) is 0 Å². The molecule has 270 valence electrons. The lowest BCUT2D eigenvalue weighted by molar-refractivity contribution is 1.13. The molecule has 6 heteroatoms. The molecule has 10 rings (SSSR count). The van der Waals surface area contributed by atoms with E-state index in [1.165, 1.54) is 0 Å². The molecule has 0 saturated heterocycles. The third kappa shape index (κ3) is 5.92. The lowest BCUT2D eigenvalue weighted by Gasteiger charge is -2.13. The summed E-state index contributed by atoms with van der Waals surface area (Å²) >= 11 is 0. The molecule has 0 amide bonds. The van der Waals surface area contributed by atoms with Crippen LogP contribution in [0.2, 0.25) is 0 Å². The number of hydrogen-bond acceptors (Lipinski definition) is 4. The molecular formula is C51H36N6. The molecule has 4 aromatic carbocycles. The molecule has 0 spiro atoms. The molecule has 0 atom stereocenters. The van der Waals surface area contributed by atoms with E-state index < -0.39 is 0 Å². The number of aromatic nitrogens is 6. The van der Waals surface area contributed by atoms with Crippen molar-refractivity contribution in [3.05, 3.63) is 201 Å². The molecule has 0 N–H and O–H groups in total. The Morgan fingerprint density at radius 1 is 0.509 bits per heavy atom. The Bertz CT molecular complexity index is 3220. The number of rotatable bonds is 8. The highest BCUT2D eigenvalue weighted by molar-refractivity contribution is 6.09. The Hall–Kier alpha value is -7.70. The summed E-state index contributed by atoms with van der Waals surface area (Å²) in [5, 5.41) is 2.14. The minimum Gasteiger partial charge on any atom is -0.308 e. The maximum Gasteiger partial charge on any atom is 0.0963 e. The Morgan fingerprint density at radius 3 is 1.67 bits per heavy atom. The van der Waals surface area contributed by atoms with Gasteiger partial charge < -0.3 is 9.13 Å². The second-order valence-corrected chi connectivity index (χ2v) is 13.9. The van der Waals surface area contributed by atoms with Crippen LogP contribution in [-0.4, -0.2) is 29.1 Å². The third-order valence-corrected chi connectivity index (χ3v) is 10.5. The van der Waals surface area contributed by atoms with Crippen molar-refractivity contribution in [2.24, 2.45) is 0 Å². The average Bonchev–Trinajstić information content (AvgIpc) is 3.79. The van der Waals surface area contributed by atoms with Crippen molar-refractivity contribution in [2.45, 2.75) is 6.92 Å². The summed E-state index contributed by atoms with van der Waals surface area (Å²) in [4.78, 5) is 19.9. The van der Waals surface area contributed by atoms with Crippen molar-refractivity contribution >= 4 is 49.4 Å². The van der Waals surface area contributed by atoms with Crippen LogP contribution in [0, 0.1) is 0 Å². The van der Waals surface area contributed by atoms with Gasteiger partial charge >= 0.3 is 0 Å². The Labute approximate surface area is 330 Å². The maximum atomic E-state index is 5.06. The van der Waals surface area contributed by atoms with Gasteiger partial charge in [-0.25, -0.2) is 9.97 Å². The molecule has 6 nitrogen and oxygen atoms in total. The summed E-state index contributed by atoms with van der Waals surface area (Å²) in [6.07, 6.45) is 11.6. The van der Waals surface area contributed by atoms with Crippen LogP contribution in [0.25, 0.3) is 94.6 Å². The van der Waals surface area contributed by atoms with Crippen molar-refractivity contribution in [2.75, 3.05) is 0 Å². The average molecular weight is 733 g/mol. The SMILES string of the molecule is C=C/C=C(\C=C/C)c1cccc(-c2ccc3c(c2)c2ncccc2n3-c2cccc(-n3c4ccc(-c5cccc(-c6ccccc6)n5)cc4c4ncccc43)c2)n1. The van der Waals surface area contributed by atoms with E-state index in [0.717, 1.165) is 100 Å². The van der Waals surface area contributed by atoms with Crippen LogP contribution in [0.5, 0.6) is 0 Å². The molecule has 57 heavy (non-hydrogen) atoms. The minimum absolute atomic E-state index is 0.897.